The molecule has 7 aromatic rings. The van der Waals surface area contributed by atoms with Crippen LogP contribution in [0.25, 0.3) is 21.2 Å². The summed E-state index contributed by atoms with van der Waals surface area (Å²) in [6, 6.07) is 42.5. The number of aryl methyl sites for hydroxylation is 3. The minimum atomic E-state index is 0.00101. The maximum absolute atomic E-state index is 2.63. The molecule has 0 fully saturated rings. The third kappa shape index (κ3) is 6.14. The molecule has 2 nitrogen and oxygen atoms in total. The highest BCUT2D eigenvalue weighted by molar-refractivity contribution is 7.17. The van der Waals surface area contributed by atoms with Gasteiger partial charge in [-0.2, -0.15) is 0 Å². The van der Waals surface area contributed by atoms with Gasteiger partial charge >= 0.3 is 0 Å². The second-order valence-corrected chi connectivity index (χ2v) is 20.7. The molecule has 2 aliphatic heterocycles. The van der Waals surface area contributed by atoms with Crippen molar-refractivity contribution in [3.8, 4) is 11.1 Å². The fourth-order valence-electron chi connectivity index (χ4n) is 9.34. The molecule has 2 aliphatic rings. The van der Waals surface area contributed by atoms with Gasteiger partial charge < -0.3 is 9.80 Å². The lowest BCUT2D eigenvalue weighted by molar-refractivity contribution is 0.589. The zero-order valence-electron chi connectivity index (χ0n) is 35.8. The van der Waals surface area contributed by atoms with Crippen LogP contribution in [0.3, 0.4) is 0 Å². The van der Waals surface area contributed by atoms with Crippen molar-refractivity contribution in [2.45, 2.75) is 99.3 Å². The van der Waals surface area contributed by atoms with E-state index in [2.05, 4.69) is 207 Å². The Bertz CT molecular complexity index is 2710. The molecule has 0 aliphatic carbocycles. The van der Waals surface area contributed by atoms with Gasteiger partial charge in [0.2, 0.25) is 0 Å². The number of rotatable bonds is 3. The Morgan fingerprint density at radius 3 is 1.77 bits per heavy atom. The van der Waals surface area contributed by atoms with Crippen molar-refractivity contribution in [3.05, 3.63) is 148 Å². The minimum Gasteiger partial charge on any atom is -0.311 e. The van der Waals surface area contributed by atoms with E-state index in [1.165, 1.54) is 105 Å². The van der Waals surface area contributed by atoms with Crippen LogP contribution in [-0.2, 0) is 16.2 Å². The van der Waals surface area contributed by atoms with E-state index in [1.807, 2.05) is 11.3 Å². The molecular formula is C53H55BN2S. The largest absolute Gasteiger partial charge is 0.311 e. The number of hydrogen-bond donors (Lipinski definition) is 0. The van der Waals surface area contributed by atoms with Gasteiger partial charge in [-0.1, -0.05) is 129 Å². The molecule has 3 heterocycles. The summed E-state index contributed by atoms with van der Waals surface area (Å²) in [5.74, 6) is 0. The van der Waals surface area contributed by atoms with E-state index in [0.717, 1.165) is 0 Å². The summed E-state index contributed by atoms with van der Waals surface area (Å²) in [5, 5.41) is 3.66. The Kier molecular flexibility index (Phi) is 8.54. The molecule has 0 radical (unpaired) electrons. The predicted molar refractivity (Wildman–Crippen MR) is 252 cm³/mol. The van der Waals surface area contributed by atoms with Gasteiger partial charge in [0, 0.05) is 44.1 Å². The van der Waals surface area contributed by atoms with Crippen molar-refractivity contribution in [1.29, 1.82) is 0 Å². The third-order valence-electron chi connectivity index (χ3n) is 12.4. The van der Waals surface area contributed by atoms with Gasteiger partial charge in [0.1, 0.15) is 0 Å². The van der Waals surface area contributed by atoms with Gasteiger partial charge in [0.15, 0.2) is 0 Å². The summed E-state index contributed by atoms with van der Waals surface area (Å²) in [5.41, 5.74) is 22.2. The number of fused-ring (bicyclic) bond motifs is 5. The first-order valence-electron chi connectivity index (χ1n) is 20.6. The van der Waals surface area contributed by atoms with Crippen molar-refractivity contribution in [2.24, 2.45) is 0 Å². The zero-order valence-corrected chi connectivity index (χ0v) is 36.7. The van der Waals surface area contributed by atoms with Gasteiger partial charge in [0.05, 0.1) is 5.69 Å². The van der Waals surface area contributed by atoms with Gasteiger partial charge in [-0.05, 0) is 140 Å². The van der Waals surface area contributed by atoms with E-state index in [-0.39, 0.29) is 23.0 Å². The first-order valence-corrected chi connectivity index (χ1v) is 21.5. The molecule has 0 saturated carbocycles. The van der Waals surface area contributed by atoms with Crippen molar-refractivity contribution in [3.63, 3.8) is 0 Å². The number of anilines is 6. The Labute approximate surface area is 345 Å². The molecule has 0 saturated heterocycles. The fraction of sp³-hybridized carbons (Fsp3) is 0.283. The predicted octanol–water partition coefficient (Wildman–Crippen LogP) is 13.5. The first kappa shape index (κ1) is 37.5. The molecule has 4 heteroatoms. The monoisotopic (exact) mass is 762 g/mol. The Morgan fingerprint density at radius 2 is 1.12 bits per heavy atom. The van der Waals surface area contributed by atoms with Crippen LogP contribution in [0.2, 0.25) is 0 Å². The molecule has 6 aromatic carbocycles. The van der Waals surface area contributed by atoms with Gasteiger partial charge in [0.25, 0.3) is 6.71 Å². The molecule has 0 spiro atoms. The summed E-state index contributed by atoms with van der Waals surface area (Å²) >= 11 is 1.83. The topological polar surface area (TPSA) is 6.48 Å². The van der Waals surface area contributed by atoms with Crippen molar-refractivity contribution >= 4 is 78.6 Å². The quantitative estimate of drug-likeness (QED) is 0.165. The SMILES string of the molecule is Cc1cc2c3c(c1)N(c1c(C)cc(C(C)(C)C)cc1C)c1cc(-c4csc5ccccc45)ccc1B3c1cc(C(C)(C)C)ccc1N2c1ccc(C(C)(C)C)cc1. The Morgan fingerprint density at radius 1 is 0.509 bits per heavy atom. The molecule has 0 atom stereocenters. The third-order valence-corrected chi connectivity index (χ3v) is 13.4. The van der Waals surface area contributed by atoms with Gasteiger partial charge in [-0.15, -0.1) is 11.3 Å². The molecule has 0 N–H and O–H groups in total. The molecule has 9 rings (SSSR count). The lowest BCUT2D eigenvalue weighted by Gasteiger charge is -2.45. The molecule has 0 bridgehead atoms. The van der Waals surface area contributed by atoms with Crippen molar-refractivity contribution in [1.82, 2.24) is 0 Å². The normalized spacial score (nSPS) is 13.9. The molecule has 57 heavy (non-hydrogen) atoms. The Hall–Kier alpha value is -5.06. The highest BCUT2D eigenvalue weighted by Gasteiger charge is 2.44. The van der Waals surface area contributed by atoms with Gasteiger partial charge in [-0.25, -0.2) is 0 Å². The van der Waals surface area contributed by atoms with E-state index in [0.29, 0.717) is 0 Å². The first-order chi connectivity index (χ1) is 26.9. The van der Waals surface area contributed by atoms with E-state index < -0.39 is 0 Å². The van der Waals surface area contributed by atoms with E-state index in [9.17, 15) is 0 Å². The highest BCUT2D eigenvalue weighted by atomic mass is 32.1. The number of nitrogens with zero attached hydrogens (tertiary/aromatic N) is 2. The summed E-state index contributed by atoms with van der Waals surface area (Å²) in [6.45, 7) is 27.8. The minimum absolute atomic E-state index is 0.00101. The van der Waals surface area contributed by atoms with E-state index in [4.69, 9.17) is 0 Å². The maximum atomic E-state index is 2.63. The molecule has 286 valence electrons. The molecule has 0 amide bonds. The smallest absolute Gasteiger partial charge is 0.252 e. The molecular weight excluding hydrogens is 707 g/mol. The second kappa shape index (κ2) is 13.0. The van der Waals surface area contributed by atoms with Crippen LogP contribution in [0.5, 0.6) is 0 Å². The van der Waals surface area contributed by atoms with E-state index >= 15 is 0 Å². The summed E-state index contributed by atoms with van der Waals surface area (Å²) in [4.78, 5) is 5.18. The van der Waals surface area contributed by atoms with Crippen LogP contribution in [-0.4, -0.2) is 6.71 Å². The zero-order chi connectivity index (χ0) is 40.3. The van der Waals surface area contributed by atoms with Crippen LogP contribution < -0.4 is 26.2 Å². The van der Waals surface area contributed by atoms with Crippen LogP contribution in [0.15, 0.2) is 115 Å². The molecule has 0 unspecified atom stereocenters. The maximum Gasteiger partial charge on any atom is 0.252 e. The summed E-state index contributed by atoms with van der Waals surface area (Å²) in [6.07, 6.45) is 0. The fourth-order valence-corrected chi connectivity index (χ4v) is 10.3. The standard InChI is InChI=1S/C53H55BN2S/c1-32-25-46-49-47(26-32)56(50-33(2)27-38(28-34(50)3)53(10,11)12)45-29-35(41-31-57-48-16-14-13-15-40(41)48)17-23-42(45)54(49)43-30-37(52(7,8)9)20-24-44(43)55(46)39-21-18-36(19-22-39)51(4,5)6/h13-31H,1-12H3. The van der Waals surface area contributed by atoms with Crippen LogP contribution in [0, 0.1) is 20.8 Å². The second-order valence-electron chi connectivity index (χ2n) is 19.8. The lowest BCUT2D eigenvalue weighted by atomic mass is 9.33. The van der Waals surface area contributed by atoms with Crippen LogP contribution >= 0.6 is 11.3 Å². The Balaban J connectivity index is 1.37. The number of hydrogen-bond acceptors (Lipinski definition) is 3. The average molecular weight is 763 g/mol. The summed E-state index contributed by atoms with van der Waals surface area (Å²) in [7, 11) is 0. The van der Waals surface area contributed by atoms with Crippen molar-refractivity contribution < 1.29 is 0 Å². The number of benzene rings is 6. The van der Waals surface area contributed by atoms with Crippen molar-refractivity contribution in [2.75, 3.05) is 9.80 Å². The number of thiophene rings is 1. The van der Waals surface area contributed by atoms with Crippen LogP contribution in [0.4, 0.5) is 34.1 Å². The van der Waals surface area contributed by atoms with E-state index in [1.54, 1.807) is 0 Å². The lowest BCUT2D eigenvalue weighted by Crippen LogP contribution is -2.61. The van der Waals surface area contributed by atoms with Crippen LogP contribution in [0.1, 0.15) is 95.7 Å². The highest BCUT2D eigenvalue weighted by Crippen LogP contribution is 2.48. The molecule has 1 aromatic heterocycles. The van der Waals surface area contributed by atoms with Gasteiger partial charge in [-0.3, -0.25) is 0 Å². The summed E-state index contributed by atoms with van der Waals surface area (Å²) < 4.78 is 1.32. The average Bonchev–Trinajstić information content (AvgIpc) is 3.58.